The summed E-state index contributed by atoms with van der Waals surface area (Å²) in [6, 6.07) is 6.19. The fraction of sp³-hybridized carbons (Fsp3) is 0.464. The molecule has 3 aromatic rings. The molecule has 0 aliphatic carbocycles. The molecule has 2 aliphatic rings. The van der Waals surface area contributed by atoms with E-state index in [-0.39, 0.29) is 28.0 Å². The second-order valence-electron chi connectivity index (χ2n) is 10.6. The first-order valence-electron chi connectivity index (χ1n) is 13.3. The third-order valence-corrected chi connectivity index (χ3v) is 7.51. The van der Waals surface area contributed by atoms with Crippen molar-refractivity contribution in [2.75, 3.05) is 6.61 Å². The van der Waals surface area contributed by atoms with E-state index in [1.165, 1.54) is 25.1 Å². The topological polar surface area (TPSA) is 249 Å². The van der Waals surface area contributed by atoms with Crippen LogP contribution in [0.15, 0.2) is 39.5 Å². The van der Waals surface area contributed by atoms with Crippen molar-refractivity contribution in [1.82, 2.24) is 0 Å². The number of aliphatic hydroxyl groups excluding tert-OH is 6. The highest BCUT2D eigenvalue weighted by Crippen LogP contribution is 2.38. The van der Waals surface area contributed by atoms with Crippen LogP contribution in [0.3, 0.4) is 0 Å². The lowest BCUT2D eigenvalue weighted by molar-refractivity contribution is -0.318. The van der Waals surface area contributed by atoms with Crippen molar-refractivity contribution in [3.05, 3.63) is 46.1 Å². The van der Waals surface area contributed by atoms with Crippen LogP contribution in [0.4, 0.5) is 0 Å². The summed E-state index contributed by atoms with van der Waals surface area (Å²) in [6.07, 6.45) is -15.8. The Morgan fingerprint density at radius 1 is 0.791 bits per heavy atom. The molecule has 234 valence electrons. The number of phenols is 3. The number of phenolic OH excluding ortho intramolecular Hbond substituents is 3. The van der Waals surface area contributed by atoms with Gasteiger partial charge in [0.15, 0.2) is 12.1 Å². The lowest BCUT2D eigenvalue weighted by Gasteiger charge is -2.42. The molecule has 10 unspecified atom stereocenters. The molecule has 10 atom stereocenters. The summed E-state index contributed by atoms with van der Waals surface area (Å²) in [5.41, 5.74) is -0.538. The number of aliphatic hydroxyl groups is 6. The molecule has 0 saturated carbocycles. The summed E-state index contributed by atoms with van der Waals surface area (Å²) in [6.45, 7) is 2.45. The van der Waals surface area contributed by atoms with E-state index in [4.69, 9.17) is 23.4 Å². The maximum atomic E-state index is 13.6. The van der Waals surface area contributed by atoms with Gasteiger partial charge in [0.2, 0.25) is 17.5 Å². The molecule has 2 fully saturated rings. The van der Waals surface area contributed by atoms with Crippen molar-refractivity contribution in [1.29, 1.82) is 0 Å². The Morgan fingerprint density at radius 3 is 2.16 bits per heavy atom. The Labute approximate surface area is 242 Å². The van der Waals surface area contributed by atoms with E-state index in [9.17, 15) is 50.8 Å². The third kappa shape index (κ3) is 5.74. The highest BCUT2D eigenvalue weighted by atomic mass is 16.7. The molecule has 0 amide bonds. The first-order chi connectivity index (χ1) is 20.3. The van der Waals surface area contributed by atoms with Crippen LogP contribution in [0.5, 0.6) is 23.0 Å². The van der Waals surface area contributed by atoms with E-state index in [0.717, 1.165) is 12.1 Å². The van der Waals surface area contributed by atoms with Crippen LogP contribution in [0.2, 0.25) is 0 Å². The van der Waals surface area contributed by atoms with Crippen molar-refractivity contribution in [3.8, 4) is 34.3 Å². The maximum absolute atomic E-state index is 13.6. The fourth-order valence-electron chi connectivity index (χ4n) is 4.97. The smallest absolute Gasteiger partial charge is 0.239 e. The minimum Gasteiger partial charge on any atom is -0.508 e. The van der Waals surface area contributed by atoms with Gasteiger partial charge >= 0.3 is 0 Å². The van der Waals surface area contributed by atoms with Crippen molar-refractivity contribution in [2.24, 2.45) is 0 Å². The number of hydrogen-bond donors (Lipinski definition) is 9. The molecule has 2 aliphatic heterocycles. The Balaban J connectivity index is 1.48. The van der Waals surface area contributed by atoms with Crippen molar-refractivity contribution in [2.45, 2.75) is 75.3 Å². The summed E-state index contributed by atoms with van der Waals surface area (Å²) >= 11 is 0. The van der Waals surface area contributed by atoms with E-state index >= 15 is 0 Å². The average molecular weight is 609 g/mol. The molecule has 3 heterocycles. The fourth-order valence-corrected chi connectivity index (χ4v) is 4.97. The van der Waals surface area contributed by atoms with Gasteiger partial charge in [-0.2, -0.15) is 0 Å². The molecule has 43 heavy (non-hydrogen) atoms. The first kappa shape index (κ1) is 30.9. The maximum Gasteiger partial charge on any atom is 0.239 e. The number of ether oxygens (including phenoxy) is 4. The zero-order chi connectivity index (χ0) is 31.3. The van der Waals surface area contributed by atoms with Crippen LogP contribution in [0.1, 0.15) is 12.5 Å². The van der Waals surface area contributed by atoms with Crippen LogP contribution < -0.4 is 10.2 Å². The van der Waals surface area contributed by atoms with Crippen molar-refractivity contribution in [3.63, 3.8) is 0 Å². The van der Waals surface area contributed by atoms with Crippen molar-refractivity contribution < 1.29 is 69.3 Å². The van der Waals surface area contributed by atoms with E-state index < -0.39 is 90.7 Å². The molecule has 2 aromatic carbocycles. The van der Waals surface area contributed by atoms with E-state index in [2.05, 4.69) is 0 Å². The van der Waals surface area contributed by atoms with Crippen LogP contribution in [-0.4, -0.2) is 114 Å². The van der Waals surface area contributed by atoms with Crippen molar-refractivity contribution >= 4 is 11.0 Å². The number of fused-ring (bicyclic) bond motifs is 1. The third-order valence-electron chi connectivity index (χ3n) is 7.51. The molecule has 9 N–H and O–H groups in total. The predicted octanol–water partition coefficient (Wildman–Crippen LogP) is -1.08. The lowest BCUT2D eigenvalue weighted by atomic mass is 9.98. The van der Waals surface area contributed by atoms with Gasteiger partial charge in [-0.25, -0.2) is 0 Å². The Hall–Kier alpha value is -3.51. The van der Waals surface area contributed by atoms with Gasteiger partial charge < -0.3 is 69.3 Å². The number of benzene rings is 2. The van der Waals surface area contributed by atoms with E-state index in [0.29, 0.717) is 5.56 Å². The van der Waals surface area contributed by atoms with Crippen LogP contribution >= 0.6 is 0 Å². The van der Waals surface area contributed by atoms with Gasteiger partial charge in [0.25, 0.3) is 0 Å². The van der Waals surface area contributed by atoms with Gasteiger partial charge in [-0.1, -0.05) is 0 Å². The standard InChI is InChI=1S/C28H32O15/c1-9-5-11(3-4-13(9)30)25-26(20(34)17-14(31)6-12(29)7-15(17)41-25)43-28-24(38)22(36)19(33)16(42-28)8-39-27-23(37)21(35)18(32)10(2)40-27/h3-7,10,16,18-19,21-24,27-33,35-38H,8H2,1-2H3. The second-order valence-corrected chi connectivity index (χ2v) is 10.6. The summed E-state index contributed by atoms with van der Waals surface area (Å²) in [5.74, 6) is -1.91. The summed E-state index contributed by atoms with van der Waals surface area (Å²) in [4.78, 5) is 13.6. The quantitative estimate of drug-likeness (QED) is 0.161. The largest absolute Gasteiger partial charge is 0.508 e. The summed E-state index contributed by atoms with van der Waals surface area (Å²) in [5, 5.41) is 91.9. The second kappa shape index (κ2) is 11.9. The Kier molecular flexibility index (Phi) is 8.54. The molecule has 1 aromatic heterocycles. The molecule has 15 nitrogen and oxygen atoms in total. The molecule has 5 rings (SSSR count). The molecular formula is C28H32O15. The normalized spacial score (nSPS) is 33.0. The number of aryl methyl sites for hydroxylation is 1. The van der Waals surface area contributed by atoms with Gasteiger partial charge in [-0.05, 0) is 37.6 Å². The number of rotatable bonds is 6. The van der Waals surface area contributed by atoms with E-state index in [1.807, 2.05) is 0 Å². The monoisotopic (exact) mass is 608 g/mol. The van der Waals surface area contributed by atoms with Gasteiger partial charge in [-0.15, -0.1) is 0 Å². The Bertz CT molecular complexity index is 1540. The summed E-state index contributed by atoms with van der Waals surface area (Å²) in [7, 11) is 0. The van der Waals surface area contributed by atoms with Gasteiger partial charge in [-0.3, -0.25) is 4.79 Å². The molecule has 0 bridgehead atoms. The van der Waals surface area contributed by atoms with Crippen LogP contribution in [0.25, 0.3) is 22.3 Å². The zero-order valence-corrected chi connectivity index (χ0v) is 22.8. The van der Waals surface area contributed by atoms with E-state index in [1.54, 1.807) is 6.92 Å². The van der Waals surface area contributed by atoms with Gasteiger partial charge in [0.1, 0.15) is 70.9 Å². The molecule has 2 saturated heterocycles. The SMILES string of the molecule is Cc1cc(-c2oc3cc(O)cc(O)c3c(=O)c2OC2OC(COC3OC(C)C(O)C(O)C3O)C(O)C(O)C2O)ccc1O. The van der Waals surface area contributed by atoms with Gasteiger partial charge in [0.05, 0.1) is 12.7 Å². The molecule has 15 heteroatoms. The highest BCUT2D eigenvalue weighted by Gasteiger charge is 2.47. The molecule has 0 radical (unpaired) electrons. The van der Waals surface area contributed by atoms with Crippen LogP contribution in [-0.2, 0) is 14.2 Å². The Morgan fingerprint density at radius 2 is 1.47 bits per heavy atom. The predicted molar refractivity (Wildman–Crippen MR) is 143 cm³/mol. The van der Waals surface area contributed by atoms with Gasteiger partial charge in [0, 0.05) is 17.7 Å². The number of hydrogen-bond acceptors (Lipinski definition) is 15. The minimum absolute atomic E-state index is 0.0564. The average Bonchev–Trinajstić information content (AvgIpc) is 2.96. The van der Waals surface area contributed by atoms with Crippen LogP contribution in [0, 0.1) is 6.92 Å². The first-order valence-corrected chi connectivity index (χ1v) is 13.3. The lowest BCUT2D eigenvalue weighted by Crippen LogP contribution is -2.61. The molecular weight excluding hydrogens is 576 g/mol. The number of aromatic hydroxyl groups is 3. The minimum atomic E-state index is -1.92. The zero-order valence-electron chi connectivity index (χ0n) is 22.8. The highest BCUT2D eigenvalue weighted by molar-refractivity contribution is 5.88. The molecule has 0 spiro atoms. The summed E-state index contributed by atoms with van der Waals surface area (Å²) < 4.78 is 28.1.